The second kappa shape index (κ2) is 5.35. The van der Waals surface area contributed by atoms with Gasteiger partial charge in [0.05, 0.1) is 0 Å². The molecular weight excluding hydrogens is 242 g/mol. The summed E-state index contributed by atoms with van der Waals surface area (Å²) >= 11 is 4.75. The maximum absolute atomic E-state index is 11.0. The highest BCUT2D eigenvalue weighted by Crippen LogP contribution is 1.95. The maximum atomic E-state index is 11.0. The molecule has 0 spiro atoms. The van der Waals surface area contributed by atoms with Crippen LogP contribution in [0, 0.1) is 0 Å². The van der Waals surface area contributed by atoms with Crippen LogP contribution in [0.2, 0.25) is 0 Å². The summed E-state index contributed by atoms with van der Waals surface area (Å²) in [5, 5.41) is 1.82. The molecule has 7 nitrogen and oxygen atoms in total. The van der Waals surface area contributed by atoms with Crippen LogP contribution < -0.4 is 10.7 Å². The molecule has 15 heavy (non-hydrogen) atoms. The Labute approximate surface area is 93.5 Å². The summed E-state index contributed by atoms with van der Waals surface area (Å²) in [6.45, 7) is 2.46. The second-order valence-corrected chi connectivity index (χ2v) is 4.81. The van der Waals surface area contributed by atoms with Gasteiger partial charge in [0.2, 0.25) is 5.91 Å². The molecule has 0 aliphatic carbocycles. The summed E-state index contributed by atoms with van der Waals surface area (Å²) in [6, 6.07) is 0. The average molecular weight is 255 g/mol. The summed E-state index contributed by atoms with van der Waals surface area (Å²) in [4.78, 5) is 11.0. The number of carbonyl (C=O) groups excluding carboxylic acids is 1. The summed E-state index contributed by atoms with van der Waals surface area (Å²) in [6.07, 6.45) is 0. The number of amides is 1. The Hall–Kier alpha value is -0.770. The molecule has 0 aliphatic heterocycles. The van der Waals surface area contributed by atoms with Crippen molar-refractivity contribution >= 4 is 33.4 Å². The maximum Gasteiger partial charge on any atom is 0.285 e. The van der Waals surface area contributed by atoms with Crippen molar-refractivity contribution in [3.05, 3.63) is 0 Å². The third-order valence-electron chi connectivity index (χ3n) is 1.52. The first-order valence-corrected chi connectivity index (χ1v) is 5.86. The topological polar surface area (TPSA) is 98.7 Å². The highest BCUT2D eigenvalue weighted by Gasteiger charge is 2.21. The first kappa shape index (κ1) is 14.2. The zero-order valence-corrected chi connectivity index (χ0v) is 10.1. The van der Waals surface area contributed by atoms with E-state index in [1.165, 1.54) is 20.9 Å². The van der Waals surface area contributed by atoms with Crippen LogP contribution in [-0.2, 0) is 14.9 Å². The van der Waals surface area contributed by atoms with Gasteiger partial charge in [-0.2, -0.15) is 8.42 Å². The van der Waals surface area contributed by atoms with E-state index in [-0.39, 0.29) is 5.11 Å². The Morgan fingerprint density at radius 2 is 2.00 bits per heavy atom. The lowest BCUT2D eigenvalue weighted by Gasteiger charge is -2.22. The third-order valence-corrected chi connectivity index (χ3v) is 2.83. The molecule has 0 saturated heterocycles. The third kappa shape index (κ3) is 4.51. The fourth-order valence-electron chi connectivity index (χ4n) is 0.715. The highest BCUT2D eigenvalue weighted by atomic mass is 32.2. The predicted octanol–water partition coefficient (Wildman–Crippen LogP) is -0.922. The Morgan fingerprint density at radius 3 is 2.27 bits per heavy atom. The minimum atomic E-state index is -4.23. The number of carbonyl (C=O) groups is 1. The molecule has 1 amide bonds. The van der Waals surface area contributed by atoms with E-state index in [0.717, 1.165) is 5.01 Å². The number of hydrogen-bond donors (Lipinski definition) is 3. The quantitative estimate of drug-likeness (QED) is 0.341. The van der Waals surface area contributed by atoms with Crippen LogP contribution in [0.3, 0.4) is 0 Å². The van der Waals surface area contributed by atoms with Crippen molar-refractivity contribution in [3.8, 4) is 0 Å². The fraction of sp³-hybridized carbons (Fsp3) is 0.667. The van der Waals surface area contributed by atoms with E-state index < -0.39 is 21.4 Å². The van der Waals surface area contributed by atoms with Crippen molar-refractivity contribution in [1.29, 1.82) is 0 Å². The Kier molecular flexibility index (Phi) is 5.08. The minimum Gasteiger partial charge on any atom is -0.343 e. The number of nitrogens with one attached hydrogen (secondary N) is 2. The van der Waals surface area contributed by atoms with Crippen molar-refractivity contribution in [1.82, 2.24) is 15.8 Å². The molecule has 0 aromatic rings. The van der Waals surface area contributed by atoms with Crippen molar-refractivity contribution < 1.29 is 17.8 Å². The minimum absolute atomic E-state index is 0.130. The molecule has 1 atom stereocenters. The molecule has 0 aliphatic rings. The Bertz CT molecular complexity index is 353. The lowest BCUT2D eigenvalue weighted by Crippen LogP contribution is -2.52. The van der Waals surface area contributed by atoms with Crippen LogP contribution in [0.15, 0.2) is 0 Å². The van der Waals surface area contributed by atoms with Gasteiger partial charge in [-0.15, -0.1) is 0 Å². The van der Waals surface area contributed by atoms with Gasteiger partial charge >= 0.3 is 0 Å². The summed E-state index contributed by atoms with van der Waals surface area (Å²) < 4.78 is 30.0. The number of thiocarbonyl (C=S) groups is 1. The van der Waals surface area contributed by atoms with Gasteiger partial charge in [-0.1, -0.05) is 0 Å². The van der Waals surface area contributed by atoms with E-state index in [1.54, 1.807) is 0 Å². The Morgan fingerprint density at radius 1 is 1.53 bits per heavy atom. The second-order valence-electron chi connectivity index (χ2n) is 2.68. The molecule has 1 unspecified atom stereocenters. The van der Waals surface area contributed by atoms with Crippen molar-refractivity contribution in [3.63, 3.8) is 0 Å². The zero-order chi connectivity index (χ0) is 12.2. The normalized spacial score (nSPS) is 13.1. The predicted molar refractivity (Wildman–Crippen MR) is 58.3 cm³/mol. The molecule has 0 saturated carbocycles. The summed E-state index contributed by atoms with van der Waals surface area (Å²) in [5.41, 5.74) is 2.46. The number of hydrogen-bond acceptors (Lipinski definition) is 5. The van der Waals surface area contributed by atoms with E-state index >= 15 is 0 Å². The van der Waals surface area contributed by atoms with Crippen molar-refractivity contribution in [2.75, 3.05) is 7.05 Å². The first-order chi connectivity index (χ1) is 6.70. The van der Waals surface area contributed by atoms with Crippen LogP contribution in [0.5, 0.6) is 0 Å². The molecule has 0 aromatic heterocycles. The molecule has 9 heteroatoms. The van der Waals surface area contributed by atoms with E-state index in [2.05, 4.69) is 10.7 Å². The Balaban J connectivity index is 4.56. The highest BCUT2D eigenvalue weighted by molar-refractivity contribution is 7.86. The van der Waals surface area contributed by atoms with E-state index in [1.807, 2.05) is 0 Å². The van der Waals surface area contributed by atoms with Gasteiger partial charge in [-0.25, -0.2) is 10.4 Å². The zero-order valence-electron chi connectivity index (χ0n) is 8.51. The number of nitrogens with zero attached hydrogens (tertiary/aromatic N) is 1. The number of rotatable bonds is 3. The van der Waals surface area contributed by atoms with Gasteiger partial charge in [0.1, 0.15) is 0 Å². The molecule has 0 fully saturated rings. The van der Waals surface area contributed by atoms with Gasteiger partial charge in [0.15, 0.2) is 10.5 Å². The lowest BCUT2D eigenvalue weighted by molar-refractivity contribution is -0.127. The molecular formula is C6H13N3O4S2. The molecule has 0 bridgehead atoms. The largest absolute Gasteiger partial charge is 0.343 e. The van der Waals surface area contributed by atoms with Gasteiger partial charge in [0.25, 0.3) is 10.1 Å². The van der Waals surface area contributed by atoms with Gasteiger partial charge in [0, 0.05) is 14.0 Å². The first-order valence-electron chi connectivity index (χ1n) is 3.95. The summed E-state index contributed by atoms with van der Waals surface area (Å²) in [5.74, 6) is -0.405. The lowest BCUT2D eigenvalue weighted by atomic mass is 10.6. The van der Waals surface area contributed by atoms with Crippen molar-refractivity contribution in [2.24, 2.45) is 0 Å². The summed E-state index contributed by atoms with van der Waals surface area (Å²) in [7, 11) is -2.78. The molecule has 0 heterocycles. The van der Waals surface area contributed by atoms with Crippen LogP contribution in [0.4, 0.5) is 0 Å². The molecule has 0 rings (SSSR count). The fourth-order valence-corrected chi connectivity index (χ4v) is 1.45. The molecule has 0 aromatic carbocycles. The van der Waals surface area contributed by atoms with Crippen LogP contribution in [-0.4, -0.2) is 41.4 Å². The molecule has 3 N–H and O–H groups in total. The van der Waals surface area contributed by atoms with Gasteiger partial charge in [-0.3, -0.25) is 9.35 Å². The van der Waals surface area contributed by atoms with E-state index in [4.69, 9.17) is 16.8 Å². The standard InChI is InChI=1S/C6H13N3O4S2/c1-4(15(11,12)13)8-6(14)9(7-3)5(2)10/h4,7H,1-3H3,(H,8,14)(H,11,12,13). The molecule has 0 radical (unpaired) electrons. The van der Waals surface area contributed by atoms with Gasteiger partial charge in [-0.05, 0) is 19.1 Å². The molecule has 88 valence electrons. The van der Waals surface area contributed by atoms with Crippen LogP contribution in [0.25, 0.3) is 0 Å². The smallest absolute Gasteiger partial charge is 0.285 e. The average Bonchev–Trinajstić information content (AvgIpc) is 2.02. The van der Waals surface area contributed by atoms with E-state index in [0.29, 0.717) is 0 Å². The number of hydrazine groups is 1. The van der Waals surface area contributed by atoms with Crippen LogP contribution in [0.1, 0.15) is 13.8 Å². The monoisotopic (exact) mass is 255 g/mol. The SMILES string of the molecule is CNN(C(C)=O)C(=S)NC(C)S(=O)(=O)O. The van der Waals surface area contributed by atoms with Gasteiger partial charge < -0.3 is 5.32 Å². The van der Waals surface area contributed by atoms with Crippen LogP contribution >= 0.6 is 12.2 Å². The van der Waals surface area contributed by atoms with Crippen molar-refractivity contribution in [2.45, 2.75) is 19.2 Å². The van der Waals surface area contributed by atoms with E-state index in [9.17, 15) is 13.2 Å².